The largest absolute Gasteiger partial charge is 0.493 e. The molecule has 0 fully saturated rings. The van der Waals surface area contributed by atoms with Gasteiger partial charge in [-0.15, -0.1) is 0 Å². The summed E-state index contributed by atoms with van der Waals surface area (Å²) in [6.45, 7) is 16.2. The first-order valence-corrected chi connectivity index (χ1v) is 22.8. The fourth-order valence-corrected chi connectivity index (χ4v) is 9.06. The van der Waals surface area contributed by atoms with Crippen molar-refractivity contribution in [3.05, 3.63) is 101 Å². The summed E-state index contributed by atoms with van der Waals surface area (Å²) >= 11 is 0. The SMILES string of the molecule is C=C(CCC1=CCCC=C1CC(=O)CCCCCCCCCCCCCCC)C(OC(C)(C)C)c1c(C)nc2ccccc2c1-c1ccc2c3c(ccnc13)CCO2. The maximum Gasteiger partial charge on any atom is 0.137 e. The number of aryl methyl sites for hydroxylation is 1. The fourth-order valence-electron chi connectivity index (χ4n) is 9.06. The molecule has 2 aromatic carbocycles. The van der Waals surface area contributed by atoms with Crippen LogP contribution in [-0.4, -0.2) is 28.0 Å². The third-order valence-electron chi connectivity index (χ3n) is 12.1. The van der Waals surface area contributed by atoms with Crippen molar-refractivity contribution >= 4 is 27.6 Å². The van der Waals surface area contributed by atoms with E-state index in [1.165, 1.54) is 87.3 Å². The molecule has 2 aromatic heterocycles. The Hall–Kier alpha value is -4.09. The summed E-state index contributed by atoms with van der Waals surface area (Å²) in [7, 11) is 0. The van der Waals surface area contributed by atoms with Gasteiger partial charge in [0.15, 0.2) is 0 Å². The molecule has 0 bridgehead atoms. The Morgan fingerprint density at radius 2 is 1.52 bits per heavy atom. The van der Waals surface area contributed by atoms with Gasteiger partial charge in [0, 0.05) is 58.6 Å². The average Bonchev–Trinajstić information content (AvgIpc) is 3.21. The van der Waals surface area contributed by atoms with Gasteiger partial charge in [-0.2, -0.15) is 0 Å². The number of ketones is 1. The Balaban J connectivity index is 1.12. The number of ether oxygens (including phenoxy) is 2. The molecule has 0 saturated carbocycles. The number of aromatic nitrogens is 2. The van der Waals surface area contributed by atoms with Crippen LogP contribution in [0.25, 0.3) is 32.9 Å². The van der Waals surface area contributed by atoms with Crippen LogP contribution in [0.15, 0.2) is 84.1 Å². The van der Waals surface area contributed by atoms with Crippen molar-refractivity contribution in [2.75, 3.05) is 6.61 Å². The van der Waals surface area contributed by atoms with E-state index in [-0.39, 0.29) is 0 Å². The van der Waals surface area contributed by atoms with Gasteiger partial charge in [-0.3, -0.25) is 14.8 Å². The molecule has 5 heteroatoms. The molecule has 0 radical (unpaired) electrons. The summed E-state index contributed by atoms with van der Waals surface area (Å²) in [6.07, 6.45) is 29.0. The first-order chi connectivity index (χ1) is 28.1. The van der Waals surface area contributed by atoms with E-state index < -0.39 is 11.7 Å². The van der Waals surface area contributed by atoms with Crippen LogP contribution in [-0.2, 0) is 16.0 Å². The number of nitrogens with zero attached hydrogens (tertiary/aromatic N) is 2. The zero-order valence-corrected chi connectivity index (χ0v) is 36.5. The number of hydrogen-bond acceptors (Lipinski definition) is 5. The highest BCUT2D eigenvalue weighted by Gasteiger charge is 2.31. The molecule has 0 spiro atoms. The molecular formula is C53H70N2O3. The smallest absolute Gasteiger partial charge is 0.137 e. The number of carbonyl (C=O) groups is 1. The van der Waals surface area contributed by atoms with Gasteiger partial charge < -0.3 is 9.47 Å². The zero-order valence-electron chi connectivity index (χ0n) is 36.5. The van der Waals surface area contributed by atoms with E-state index in [4.69, 9.17) is 26.0 Å². The molecule has 58 heavy (non-hydrogen) atoms. The topological polar surface area (TPSA) is 61.3 Å². The summed E-state index contributed by atoms with van der Waals surface area (Å²) < 4.78 is 13.2. The summed E-state index contributed by atoms with van der Waals surface area (Å²) in [5, 5.41) is 2.16. The lowest BCUT2D eigenvalue weighted by Gasteiger charge is -2.32. The Kier molecular flexibility index (Phi) is 15.9. The van der Waals surface area contributed by atoms with Crippen molar-refractivity contribution in [2.24, 2.45) is 0 Å². The van der Waals surface area contributed by atoms with Gasteiger partial charge in [0.25, 0.3) is 0 Å². The van der Waals surface area contributed by atoms with E-state index in [1.807, 2.05) is 6.20 Å². The first-order valence-electron chi connectivity index (χ1n) is 22.8. The van der Waals surface area contributed by atoms with E-state index in [0.717, 1.165) is 100 Å². The predicted molar refractivity (Wildman–Crippen MR) is 244 cm³/mol. The number of rotatable bonds is 23. The van der Waals surface area contributed by atoms with Crippen molar-refractivity contribution in [1.29, 1.82) is 0 Å². The lowest BCUT2D eigenvalue weighted by atomic mass is 9.84. The number of unbranched alkanes of at least 4 members (excludes halogenated alkanes) is 12. The second kappa shape index (κ2) is 21.3. The molecule has 1 aliphatic heterocycles. The number of Topliss-reactive ketones (excluding diaryl/α,β-unsaturated/α-hetero) is 1. The summed E-state index contributed by atoms with van der Waals surface area (Å²) in [6, 6.07) is 14.8. The van der Waals surface area contributed by atoms with Crippen LogP contribution in [0.3, 0.4) is 0 Å². The van der Waals surface area contributed by atoms with Crippen LogP contribution in [0.4, 0.5) is 0 Å². The highest BCUT2D eigenvalue weighted by molar-refractivity contribution is 6.07. The molecule has 310 valence electrons. The van der Waals surface area contributed by atoms with Gasteiger partial charge in [0.1, 0.15) is 17.6 Å². The normalized spacial score (nSPS) is 14.6. The summed E-state index contributed by atoms with van der Waals surface area (Å²) in [4.78, 5) is 23.5. The van der Waals surface area contributed by atoms with Gasteiger partial charge >= 0.3 is 0 Å². The molecular weight excluding hydrogens is 713 g/mol. The van der Waals surface area contributed by atoms with Gasteiger partial charge in [0.05, 0.1) is 23.2 Å². The molecule has 0 amide bonds. The van der Waals surface area contributed by atoms with Crippen LogP contribution in [0.1, 0.15) is 173 Å². The molecule has 1 aliphatic carbocycles. The van der Waals surface area contributed by atoms with Crippen molar-refractivity contribution in [3.63, 3.8) is 0 Å². The van der Waals surface area contributed by atoms with E-state index in [1.54, 1.807) is 0 Å². The molecule has 3 heterocycles. The monoisotopic (exact) mass is 783 g/mol. The van der Waals surface area contributed by atoms with E-state index in [0.29, 0.717) is 25.2 Å². The Labute approximate surface area is 349 Å². The lowest BCUT2D eigenvalue weighted by Crippen LogP contribution is -2.25. The van der Waals surface area contributed by atoms with Crippen molar-refractivity contribution in [2.45, 2.75) is 175 Å². The number of benzene rings is 2. The average molecular weight is 783 g/mol. The molecule has 2 aliphatic rings. The summed E-state index contributed by atoms with van der Waals surface area (Å²) in [5.41, 5.74) is 10.4. The minimum absolute atomic E-state index is 0.373. The Morgan fingerprint density at radius 3 is 2.22 bits per heavy atom. The quantitative estimate of drug-likeness (QED) is 0.0554. The van der Waals surface area contributed by atoms with Crippen LogP contribution >= 0.6 is 0 Å². The number of allylic oxidation sites excluding steroid dienone is 4. The standard InChI is InChI=1S/C53H70N2O3/c1-7-8-9-10-11-12-13-14-15-16-17-18-19-26-43(56)37-42-25-21-20-24-40(42)30-29-38(2)52(58-53(4,5)6)48-39(3)55-46-28-23-22-27-44(46)50(48)45-31-32-47-49-41(34-36-57-47)33-35-54-51(45)49/h22-25,27-28,31-33,35,52H,2,7-21,26,29-30,34,36-37H2,1,3-6H3. The molecule has 5 nitrogen and oxygen atoms in total. The lowest BCUT2D eigenvalue weighted by molar-refractivity contribution is -0.118. The number of pyridine rings is 2. The van der Waals surface area contributed by atoms with Crippen molar-refractivity contribution in [1.82, 2.24) is 9.97 Å². The van der Waals surface area contributed by atoms with Gasteiger partial charge in [0.2, 0.25) is 0 Å². The van der Waals surface area contributed by atoms with Crippen molar-refractivity contribution in [3.8, 4) is 16.9 Å². The maximum atomic E-state index is 13.3. The van der Waals surface area contributed by atoms with E-state index >= 15 is 0 Å². The number of carbonyl (C=O) groups excluding carboxylic acids is 1. The van der Waals surface area contributed by atoms with Gasteiger partial charge in [-0.1, -0.05) is 121 Å². The molecule has 6 rings (SSSR count). The molecule has 4 aromatic rings. The molecule has 0 N–H and O–H groups in total. The third-order valence-corrected chi connectivity index (χ3v) is 12.1. The zero-order chi connectivity index (χ0) is 40.9. The Bertz CT molecular complexity index is 2070. The summed E-state index contributed by atoms with van der Waals surface area (Å²) in [5.74, 6) is 1.27. The second-order valence-electron chi connectivity index (χ2n) is 17.9. The predicted octanol–water partition coefficient (Wildman–Crippen LogP) is 15.0. The van der Waals surface area contributed by atoms with Crippen LogP contribution in [0, 0.1) is 6.92 Å². The van der Waals surface area contributed by atoms with Gasteiger partial charge in [-0.25, -0.2) is 0 Å². The van der Waals surface area contributed by atoms with Crippen LogP contribution in [0.5, 0.6) is 5.75 Å². The third kappa shape index (κ3) is 11.6. The molecule has 1 unspecified atom stereocenters. The van der Waals surface area contributed by atoms with Crippen LogP contribution < -0.4 is 4.74 Å². The Morgan fingerprint density at radius 1 is 0.845 bits per heavy atom. The fraction of sp³-hybridized carbons (Fsp3) is 0.528. The van der Waals surface area contributed by atoms with E-state index in [9.17, 15) is 4.79 Å². The van der Waals surface area contributed by atoms with Gasteiger partial charge in [-0.05, 0) is 106 Å². The van der Waals surface area contributed by atoms with E-state index in [2.05, 4.69) is 89.2 Å². The minimum atomic E-state index is -0.440. The first kappa shape index (κ1) is 43.5. The maximum absolute atomic E-state index is 13.3. The number of hydrogen-bond donors (Lipinski definition) is 0. The van der Waals surface area contributed by atoms with Crippen LogP contribution in [0.2, 0.25) is 0 Å². The number of fused-ring (bicyclic) bond motifs is 1. The van der Waals surface area contributed by atoms with Crippen molar-refractivity contribution < 1.29 is 14.3 Å². The highest BCUT2D eigenvalue weighted by Crippen LogP contribution is 2.46. The number of para-hydroxylation sites is 1. The molecule has 1 atom stereocenters. The second-order valence-corrected chi connectivity index (χ2v) is 17.9. The highest BCUT2D eigenvalue weighted by atomic mass is 16.5. The minimum Gasteiger partial charge on any atom is -0.493 e. The molecule has 0 saturated heterocycles.